The second-order valence-electron chi connectivity index (χ2n) is 13.8. The molecule has 0 bridgehead atoms. The minimum absolute atomic E-state index is 0.779. The van der Waals surface area contributed by atoms with Crippen LogP contribution in [0.3, 0.4) is 0 Å². The monoisotopic (exact) mass is 670 g/mol. The first-order valence-corrected chi connectivity index (χ1v) is 19.8. The van der Waals surface area contributed by atoms with Crippen LogP contribution in [0.2, 0.25) is 0 Å². The summed E-state index contributed by atoms with van der Waals surface area (Å²) in [5.41, 5.74) is 10.3. The molecule has 0 amide bonds. The molecule has 3 heteroatoms. The molecular weight excluding hydrogens is 637 g/mol. The molecule has 1 aliphatic rings. The maximum atomic E-state index is 5.33. The van der Waals surface area contributed by atoms with Gasteiger partial charge in [-0.25, -0.2) is 9.97 Å². The van der Waals surface area contributed by atoms with Gasteiger partial charge in [0.25, 0.3) is 0 Å². The quantitative estimate of drug-likeness (QED) is 0.138. The molecule has 51 heavy (non-hydrogen) atoms. The first kappa shape index (κ1) is 29.8. The standard InChI is InChI=1S/C48H34N2S/c1-51(2)44-25-11-10-24-42(44)45-46(49-47(50-48(45)51)31-14-4-3-5-15-31)36-19-13-18-34(29-36)32-16-12-17-33(28-32)35-26-27-41-39-22-7-6-20-37(39)38-21-8-9-23-40(38)43(41)30-35/h3-30H,1-2H3. The third-order valence-electron chi connectivity index (χ3n) is 10.5. The number of nitrogens with zero attached hydrogens (tertiary/aromatic N) is 2. The van der Waals surface area contributed by atoms with Crippen LogP contribution in [0.1, 0.15) is 0 Å². The van der Waals surface area contributed by atoms with E-state index in [4.69, 9.17) is 9.97 Å². The molecule has 2 heterocycles. The molecule has 0 unspecified atom stereocenters. The Morgan fingerprint density at radius 3 is 1.53 bits per heavy atom. The van der Waals surface area contributed by atoms with Gasteiger partial charge in [0, 0.05) is 21.6 Å². The summed E-state index contributed by atoms with van der Waals surface area (Å²) in [6.07, 6.45) is 4.73. The van der Waals surface area contributed by atoms with Crippen LogP contribution in [0.4, 0.5) is 0 Å². The van der Waals surface area contributed by atoms with Crippen molar-refractivity contribution in [2.75, 3.05) is 12.5 Å². The number of benzene rings is 8. The Balaban J connectivity index is 1.12. The fraction of sp³-hybridized carbons (Fsp3) is 0.0417. The van der Waals surface area contributed by atoms with Gasteiger partial charge in [-0.1, -0.05) is 146 Å². The van der Waals surface area contributed by atoms with Gasteiger partial charge in [-0.05, 0) is 96.9 Å². The highest BCUT2D eigenvalue weighted by Crippen LogP contribution is 2.67. The molecule has 1 aliphatic heterocycles. The summed E-state index contributed by atoms with van der Waals surface area (Å²) in [4.78, 5) is 12.0. The van der Waals surface area contributed by atoms with Crippen LogP contribution in [0, 0.1) is 0 Å². The number of hydrogen-bond donors (Lipinski definition) is 0. The van der Waals surface area contributed by atoms with Crippen molar-refractivity contribution in [3.8, 4) is 56.0 Å². The lowest BCUT2D eigenvalue weighted by molar-refractivity contribution is 1.07. The van der Waals surface area contributed by atoms with E-state index < -0.39 is 10.0 Å². The van der Waals surface area contributed by atoms with E-state index in [2.05, 4.69) is 176 Å². The van der Waals surface area contributed by atoms with Gasteiger partial charge >= 0.3 is 0 Å². The third-order valence-corrected chi connectivity index (χ3v) is 13.2. The SMILES string of the molecule is CS1(C)c2ccccc2-c2c(-c3cccc(-c4cccc(-c5ccc6c7ccccc7c7ccccc7c6c5)c4)c3)nc(-c3ccccc3)nc21. The van der Waals surface area contributed by atoms with Gasteiger partial charge in [-0.15, -0.1) is 0 Å². The molecule has 0 aliphatic carbocycles. The second-order valence-corrected chi connectivity index (χ2v) is 17.3. The average Bonchev–Trinajstić information content (AvgIpc) is 3.43. The minimum Gasteiger partial charge on any atom is -0.227 e. The first-order chi connectivity index (χ1) is 25.0. The lowest BCUT2D eigenvalue weighted by Gasteiger charge is -2.27. The molecule has 0 N–H and O–H groups in total. The largest absolute Gasteiger partial charge is 0.227 e. The van der Waals surface area contributed by atoms with Gasteiger partial charge < -0.3 is 0 Å². The highest BCUT2D eigenvalue weighted by Gasteiger charge is 2.36. The zero-order valence-corrected chi connectivity index (χ0v) is 29.3. The number of aromatic nitrogens is 2. The van der Waals surface area contributed by atoms with E-state index in [9.17, 15) is 0 Å². The van der Waals surface area contributed by atoms with Crippen molar-refractivity contribution in [3.63, 3.8) is 0 Å². The van der Waals surface area contributed by atoms with Gasteiger partial charge in [0.05, 0.1) is 10.7 Å². The van der Waals surface area contributed by atoms with Crippen molar-refractivity contribution >= 4 is 42.3 Å². The van der Waals surface area contributed by atoms with Gasteiger partial charge in [0.1, 0.15) is 0 Å². The van der Waals surface area contributed by atoms with Crippen molar-refractivity contribution in [2.45, 2.75) is 9.92 Å². The predicted octanol–water partition coefficient (Wildman–Crippen LogP) is 13.1. The maximum Gasteiger partial charge on any atom is 0.161 e. The molecular formula is C48H34N2S. The van der Waals surface area contributed by atoms with Crippen LogP contribution in [-0.2, 0) is 0 Å². The Bertz CT molecular complexity index is 2800. The third kappa shape index (κ3) is 4.73. The van der Waals surface area contributed by atoms with Crippen LogP contribution in [0.25, 0.3) is 88.3 Å². The second kappa shape index (κ2) is 11.5. The van der Waals surface area contributed by atoms with Gasteiger partial charge in [-0.3, -0.25) is 0 Å². The van der Waals surface area contributed by atoms with E-state index in [0.717, 1.165) is 33.2 Å². The fourth-order valence-electron chi connectivity index (χ4n) is 8.01. The molecule has 0 saturated heterocycles. The Labute approximate surface area is 299 Å². The van der Waals surface area contributed by atoms with E-state index in [0.29, 0.717) is 0 Å². The van der Waals surface area contributed by atoms with Gasteiger partial charge in [0.2, 0.25) is 0 Å². The molecule has 242 valence electrons. The Kier molecular flexibility index (Phi) is 6.74. The molecule has 0 radical (unpaired) electrons. The highest BCUT2D eigenvalue weighted by atomic mass is 32.3. The molecule has 2 nitrogen and oxygen atoms in total. The van der Waals surface area contributed by atoms with Crippen molar-refractivity contribution < 1.29 is 0 Å². The number of fused-ring (bicyclic) bond motifs is 9. The average molecular weight is 671 g/mol. The van der Waals surface area contributed by atoms with Crippen molar-refractivity contribution in [1.29, 1.82) is 0 Å². The van der Waals surface area contributed by atoms with Crippen LogP contribution < -0.4 is 0 Å². The smallest absolute Gasteiger partial charge is 0.161 e. The normalized spacial score (nSPS) is 13.7. The summed E-state index contributed by atoms with van der Waals surface area (Å²) in [5.74, 6) is 0.779. The summed E-state index contributed by atoms with van der Waals surface area (Å²) in [7, 11) is -1.32. The van der Waals surface area contributed by atoms with Crippen molar-refractivity contribution in [2.24, 2.45) is 0 Å². The molecule has 0 saturated carbocycles. The van der Waals surface area contributed by atoms with E-state index >= 15 is 0 Å². The van der Waals surface area contributed by atoms with E-state index in [-0.39, 0.29) is 0 Å². The summed E-state index contributed by atoms with van der Waals surface area (Å²) < 4.78 is 0. The van der Waals surface area contributed by atoms with E-state index in [1.165, 1.54) is 65.0 Å². The lowest BCUT2D eigenvalue weighted by atomic mass is 9.91. The predicted molar refractivity (Wildman–Crippen MR) is 218 cm³/mol. The Morgan fingerprint density at radius 1 is 0.373 bits per heavy atom. The van der Waals surface area contributed by atoms with Crippen molar-refractivity contribution in [1.82, 2.24) is 9.97 Å². The van der Waals surface area contributed by atoms with Crippen LogP contribution >= 0.6 is 10.0 Å². The molecule has 0 spiro atoms. The number of rotatable bonds is 4. The fourth-order valence-corrected chi connectivity index (χ4v) is 10.4. The Hall–Kier alpha value is -6.03. The van der Waals surface area contributed by atoms with Gasteiger partial charge in [0.15, 0.2) is 5.82 Å². The zero-order chi connectivity index (χ0) is 34.1. The van der Waals surface area contributed by atoms with E-state index in [1.54, 1.807) is 0 Å². The molecule has 9 aromatic rings. The molecule has 10 rings (SSSR count). The molecule has 1 aromatic heterocycles. The molecule has 8 aromatic carbocycles. The molecule has 0 atom stereocenters. The highest BCUT2D eigenvalue weighted by molar-refractivity contribution is 8.33. The van der Waals surface area contributed by atoms with Crippen LogP contribution in [-0.4, -0.2) is 22.5 Å². The summed E-state index contributed by atoms with van der Waals surface area (Å²) in [5, 5.41) is 8.91. The zero-order valence-electron chi connectivity index (χ0n) is 28.5. The topological polar surface area (TPSA) is 25.8 Å². The number of hydrogen-bond acceptors (Lipinski definition) is 2. The maximum absolute atomic E-state index is 5.33. The molecule has 0 fully saturated rings. The van der Waals surface area contributed by atoms with E-state index in [1.807, 2.05) is 6.07 Å². The first-order valence-electron chi connectivity index (χ1n) is 17.4. The van der Waals surface area contributed by atoms with Crippen molar-refractivity contribution in [3.05, 3.63) is 170 Å². The summed E-state index contributed by atoms with van der Waals surface area (Å²) in [6, 6.07) is 61.5. The minimum atomic E-state index is -1.32. The van der Waals surface area contributed by atoms with Crippen LogP contribution in [0.5, 0.6) is 0 Å². The van der Waals surface area contributed by atoms with Crippen LogP contribution in [0.15, 0.2) is 180 Å². The Morgan fingerprint density at radius 2 is 0.863 bits per heavy atom. The summed E-state index contributed by atoms with van der Waals surface area (Å²) in [6.45, 7) is 0. The van der Waals surface area contributed by atoms with Gasteiger partial charge in [-0.2, -0.15) is 10.0 Å². The summed E-state index contributed by atoms with van der Waals surface area (Å²) >= 11 is 0. The lowest BCUT2D eigenvalue weighted by Crippen LogP contribution is -2.01.